The molecule has 0 unspecified atom stereocenters. The summed E-state index contributed by atoms with van der Waals surface area (Å²) in [6.07, 6.45) is 0.167. The van der Waals surface area contributed by atoms with E-state index in [1.54, 1.807) is 31.2 Å². The molecule has 0 heterocycles. The SMILES string of the molecule is CC(CC(=O)c1ccccc1)=NO. The fourth-order valence-electron chi connectivity index (χ4n) is 0.994. The number of carbonyl (C=O) groups is 1. The Bertz CT molecular complexity index is 317. The van der Waals surface area contributed by atoms with Crippen LogP contribution in [0.25, 0.3) is 0 Å². The molecule has 0 saturated carbocycles. The van der Waals surface area contributed by atoms with Crippen LogP contribution in [0.1, 0.15) is 23.7 Å². The van der Waals surface area contributed by atoms with Crippen molar-refractivity contribution in [3.05, 3.63) is 35.9 Å². The lowest BCUT2D eigenvalue weighted by Crippen LogP contribution is -2.04. The molecule has 3 heteroatoms. The van der Waals surface area contributed by atoms with Crippen LogP contribution in [0, 0.1) is 0 Å². The van der Waals surface area contributed by atoms with Crippen molar-refractivity contribution in [2.75, 3.05) is 0 Å². The van der Waals surface area contributed by atoms with Crippen LogP contribution >= 0.6 is 0 Å². The van der Waals surface area contributed by atoms with Gasteiger partial charge in [0.25, 0.3) is 0 Å². The van der Waals surface area contributed by atoms with Gasteiger partial charge in [-0.3, -0.25) is 4.79 Å². The highest BCUT2D eigenvalue weighted by Gasteiger charge is 2.06. The first kappa shape index (κ1) is 9.45. The standard InChI is InChI=1S/C10H11NO2/c1-8(11-13)7-10(12)9-5-3-2-4-6-9/h2-6,13H,7H2,1H3. The molecule has 0 saturated heterocycles. The minimum absolute atomic E-state index is 0.0316. The van der Waals surface area contributed by atoms with Crippen molar-refractivity contribution >= 4 is 11.5 Å². The molecule has 68 valence electrons. The van der Waals surface area contributed by atoms with E-state index < -0.39 is 0 Å². The Balaban J connectivity index is 2.70. The fourth-order valence-corrected chi connectivity index (χ4v) is 0.994. The molecule has 1 N–H and O–H groups in total. The molecule has 3 nitrogen and oxygen atoms in total. The maximum absolute atomic E-state index is 11.4. The van der Waals surface area contributed by atoms with Crippen molar-refractivity contribution in [2.45, 2.75) is 13.3 Å². The molecular weight excluding hydrogens is 166 g/mol. The van der Waals surface area contributed by atoms with Crippen molar-refractivity contribution in [3.8, 4) is 0 Å². The van der Waals surface area contributed by atoms with Gasteiger partial charge in [0.2, 0.25) is 0 Å². The van der Waals surface area contributed by atoms with Gasteiger partial charge in [-0.15, -0.1) is 0 Å². The van der Waals surface area contributed by atoms with E-state index in [-0.39, 0.29) is 12.2 Å². The highest BCUT2D eigenvalue weighted by atomic mass is 16.4. The second-order valence-corrected chi connectivity index (χ2v) is 2.80. The Hall–Kier alpha value is -1.64. The lowest BCUT2D eigenvalue weighted by atomic mass is 10.1. The van der Waals surface area contributed by atoms with E-state index in [1.165, 1.54) is 0 Å². The minimum atomic E-state index is -0.0316. The zero-order chi connectivity index (χ0) is 9.68. The van der Waals surface area contributed by atoms with Gasteiger partial charge in [-0.2, -0.15) is 0 Å². The molecule has 1 aromatic carbocycles. The monoisotopic (exact) mass is 177 g/mol. The number of hydrogen-bond acceptors (Lipinski definition) is 3. The average Bonchev–Trinajstić information content (AvgIpc) is 2.19. The summed E-state index contributed by atoms with van der Waals surface area (Å²) in [5.74, 6) is -0.0316. The molecule has 0 atom stereocenters. The molecule has 0 aliphatic heterocycles. The molecule has 0 radical (unpaired) electrons. The van der Waals surface area contributed by atoms with Crippen LogP contribution in [-0.2, 0) is 0 Å². The molecule has 0 aliphatic rings. The number of oxime groups is 1. The zero-order valence-electron chi connectivity index (χ0n) is 7.40. The zero-order valence-corrected chi connectivity index (χ0v) is 7.40. The van der Waals surface area contributed by atoms with Gasteiger partial charge in [-0.1, -0.05) is 35.5 Å². The van der Waals surface area contributed by atoms with Crippen molar-refractivity contribution < 1.29 is 10.0 Å². The second kappa shape index (κ2) is 4.40. The maximum atomic E-state index is 11.4. The predicted molar refractivity (Wildman–Crippen MR) is 50.3 cm³/mol. The molecule has 1 rings (SSSR count). The van der Waals surface area contributed by atoms with Crippen LogP contribution < -0.4 is 0 Å². The highest BCUT2D eigenvalue weighted by Crippen LogP contribution is 2.03. The van der Waals surface area contributed by atoms with E-state index in [0.717, 1.165) is 0 Å². The third-order valence-corrected chi connectivity index (χ3v) is 1.68. The summed E-state index contributed by atoms with van der Waals surface area (Å²) in [7, 11) is 0. The number of Topliss-reactive ketones (excluding diaryl/α,β-unsaturated/α-hetero) is 1. The number of benzene rings is 1. The lowest BCUT2D eigenvalue weighted by Gasteiger charge is -1.98. The van der Waals surface area contributed by atoms with Gasteiger partial charge in [-0.25, -0.2) is 0 Å². The average molecular weight is 177 g/mol. The quantitative estimate of drug-likeness (QED) is 0.332. The number of nitrogens with zero attached hydrogens (tertiary/aromatic N) is 1. The van der Waals surface area contributed by atoms with Crippen molar-refractivity contribution in [2.24, 2.45) is 5.16 Å². The summed E-state index contributed by atoms with van der Waals surface area (Å²) in [6.45, 7) is 1.61. The first-order valence-electron chi connectivity index (χ1n) is 4.00. The predicted octanol–water partition coefficient (Wildman–Crippen LogP) is 2.11. The summed E-state index contributed by atoms with van der Waals surface area (Å²) in [6, 6.07) is 8.95. The Kier molecular flexibility index (Phi) is 3.20. The van der Waals surface area contributed by atoms with Crippen molar-refractivity contribution in [1.29, 1.82) is 0 Å². The van der Waals surface area contributed by atoms with Gasteiger partial charge >= 0.3 is 0 Å². The molecular formula is C10H11NO2. The third-order valence-electron chi connectivity index (χ3n) is 1.68. The van der Waals surface area contributed by atoms with Gasteiger partial charge in [0.15, 0.2) is 5.78 Å². The van der Waals surface area contributed by atoms with E-state index in [2.05, 4.69) is 5.16 Å². The molecule has 0 aromatic heterocycles. The first-order valence-corrected chi connectivity index (χ1v) is 4.00. The highest BCUT2D eigenvalue weighted by molar-refractivity contribution is 6.08. The number of carbonyl (C=O) groups excluding carboxylic acids is 1. The Morgan fingerprint density at radius 3 is 2.54 bits per heavy atom. The van der Waals surface area contributed by atoms with Gasteiger partial charge < -0.3 is 5.21 Å². The van der Waals surface area contributed by atoms with E-state index >= 15 is 0 Å². The molecule has 0 spiro atoms. The molecule has 0 aliphatic carbocycles. The smallest absolute Gasteiger partial charge is 0.168 e. The lowest BCUT2D eigenvalue weighted by molar-refractivity contribution is 0.0999. The Morgan fingerprint density at radius 1 is 1.38 bits per heavy atom. The number of rotatable bonds is 3. The fraction of sp³-hybridized carbons (Fsp3) is 0.200. The molecule has 13 heavy (non-hydrogen) atoms. The topological polar surface area (TPSA) is 49.7 Å². The molecule has 0 fully saturated rings. The van der Waals surface area contributed by atoms with Crippen molar-refractivity contribution in [3.63, 3.8) is 0 Å². The summed E-state index contributed by atoms with van der Waals surface area (Å²) < 4.78 is 0. The maximum Gasteiger partial charge on any atom is 0.168 e. The molecule has 0 bridgehead atoms. The van der Waals surface area contributed by atoms with Gasteiger partial charge in [0.05, 0.1) is 12.1 Å². The van der Waals surface area contributed by atoms with E-state index in [4.69, 9.17) is 5.21 Å². The largest absolute Gasteiger partial charge is 0.411 e. The van der Waals surface area contributed by atoms with Crippen LogP contribution in [-0.4, -0.2) is 16.7 Å². The van der Waals surface area contributed by atoms with Crippen LogP contribution in [0.15, 0.2) is 35.5 Å². The normalized spacial score (nSPS) is 11.3. The molecule has 0 amide bonds. The van der Waals surface area contributed by atoms with E-state index in [9.17, 15) is 4.79 Å². The molecule has 1 aromatic rings. The number of hydrogen-bond donors (Lipinski definition) is 1. The van der Waals surface area contributed by atoms with Crippen molar-refractivity contribution in [1.82, 2.24) is 0 Å². The summed E-state index contributed by atoms with van der Waals surface area (Å²) in [5, 5.41) is 11.3. The van der Waals surface area contributed by atoms with E-state index in [1.807, 2.05) is 6.07 Å². The van der Waals surface area contributed by atoms with Gasteiger partial charge in [-0.05, 0) is 6.92 Å². The summed E-state index contributed by atoms with van der Waals surface area (Å²) >= 11 is 0. The summed E-state index contributed by atoms with van der Waals surface area (Å²) in [4.78, 5) is 11.4. The Morgan fingerprint density at radius 2 is 2.00 bits per heavy atom. The van der Waals surface area contributed by atoms with Crippen LogP contribution in [0.5, 0.6) is 0 Å². The van der Waals surface area contributed by atoms with Crippen LogP contribution in [0.3, 0.4) is 0 Å². The van der Waals surface area contributed by atoms with Crippen LogP contribution in [0.4, 0.5) is 0 Å². The van der Waals surface area contributed by atoms with E-state index in [0.29, 0.717) is 11.3 Å². The van der Waals surface area contributed by atoms with Gasteiger partial charge in [0, 0.05) is 5.56 Å². The minimum Gasteiger partial charge on any atom is -0.411 e. The number of ketones is 1. The van der Waals surface area contributed by atoms with Crippen LogP contribution in [0.2, 0.25) is 0 Å². The second-order valence-electron chi connectivity index (χ2n) is 2.80. The third kappa shape index (κ3) is 2.71. The summed E-state index contributed by atoms with van der Waals surface area (Å²) in [5.41, 5.74) is 1.07. The first-order chi connectivity index (χ1) is 6.24. The van der Waals surface area contributed by atoms with Gasteiger partial charge in [0.1, 0.15) is 0 Å². The Labute approximate surface area is 76.7 Å².